The molecule has 4 nitrogen and oxygen atoms in total. The predicted molar refractivity (Wildman–Crippen MR) is 59.6 cm³/mol. The summed E-state index contributed by atoms with van der Waals surface area (Å²) >= 11 is 0. The van der Waals surface area contributed by atoms with E-state index in [1.807, 2.05) is 20.8 Å². The lowest BCUT2D eigenvalue weighted by atomic mass is 9.90. The van der Waals surface area contributed by atoms with Crippen LogP contribution in [-0.2, 0) is 9.53 Å². The second kappa shape index (κ2) is 7.65. The van der Waals surface area contributed by atoms with Gasteiger partial charge >= 0.3 is 0 Å². The fourth-order valence-corrected chi connectivity index (χ4v) is 1.09. The summed E-state index contributed by atoms with van der Waals surface area (Å²) in [6.07, 6.45) is 1.60. The maximum absolute atomic E-state index is 11.3. The maximum atomic E-state index is 11.3. The first-order chi connectivity index (χ1) is 7.02. The van der Waals surface area contributed by atoms with Gasteiger partial charge in [0.1, 0.15) is 6.61 Å². The topological polar surface area (TPSA) is 58.6 Å². The Kier molecular flexibility index (Phi) is 7.34. The third-order valence-electron chi connectivity index (χ3n) is 2.13. The highest BCUT2D eigenvalue weighted by Gasteiger charge is 2.17. The zero-order chi connectivity index (χ0) is 11.7. The lowest BCUT2D eigenvalue weighted by Gasteiger charge is -2.23. The molecule has 0 fully saturated rings. The molecule has 0 aromatic heterocycles. The monoisotopic (exact) mass is 217 g/mol. The van der Waals surface area contributed by atoms with Gasteiger partial charge in [-0.05, 0) is 18.3 Å². The summed E-state index contributed by atoms with van der Waals surface area (Å²) < 4.78 is 5.11. The first-order valence-electron chi connectivity index (χ1n) is 5.47. The fourth-order valence-electron chi connectivity index (χ4n) is 1.09. The Hall–Kier alpha value is -0.610. The number of ether oxygens (including phenoxy) is 1. The van der Waals surface area contributed by atoms with Gasteiger partial charge < -0.3 is 15.2 Å². The van der Waals surface area contributed by atoms with Gasteiger partial charge in [-0.3, -0.25) is 4.79 Å². The first kappa shape index (κ1) is 14.4. The molecular formula is C11H23NO3. The molecule has 0 saturated carbocycles. The Bertz CT molecular complexity index is 181. The second-order valence-corrected chi connectivity index (χ2v) is 4.47. The Morgan fingerprint density at radius 3 is 2.67 bits per heavy atom. The van der Waals surface area contributed by atoms with Crippen LogP contribution in [0.1, 0.15) is 33.6 Å². The van der Waals surface area contributed by atoms with Crippen LogP contribution in [0.15, 0.2) is 0 Å². The van der Waals surface area contributed by atoms with E-state index in [-0.39, 0.29) is 24.5 Å². The number of amides is 1. The number of carbonyl (C=O) groups excluding carboxylic acids is 1. The molecule has 0 aliphatic carbocycles. The van der Waals surface area contributed by atoms with E-state index in [0.717, 1.165) is 6.42 Å². The van der Waals surface area contributed by atoms with Crippen molar-refractivity contribution in [3.8, 4) is 0 Å². The molecule has 0 bridgehead atoms. The van der Waals surface area contributed by atoms with E-state index in [1.54, 1.807) is 0 Å². The zero-order valence-corrected chi connectivity index (χ0v) is 10.0. The van der Waals surface area contributed by atoms with Crippen molar-refractivity contribution in [2.45, 2.75) is 33.6 Å². The molecule has 0 saturated heterocycles. The van der Waals surface area contributed by atoms with Gasteiger partial charge in [0.25, 0.3) is 0 Å². The van der Waals surface area contributed by atoms with Gasteiger partial charge in [0.2, 0.25) is 5.91 Å². The maximum Gasteiger partial charge on any atom is 0.246 e. The average molecular weight is 217 g/mol. The molecule has 0 aliphatic heterocycles. The highest BCUT2D eigenvalue weighted by molar-refractivity contribution is 5.77. The van der Waals surface area contributed by atoms with Crippen molar-refractivity contribution in [1.82, 2.24) is 5.32 Å². The molecule has 0 aliphatic rings. The quantitative estimate of drug-likeness (QED) is 0.595. The van der Waals surface area contributed by atoms with Gasteiger partial charge in [0.05, 0.1) is 0 Å². The molecule has 0 radical (unpaired) electrons. The van der Waals surface area contributed by atoms with Crippen molar-refractivity contribution < 1.29 is 14.6 Å². The first-order valence-corrected chi connectivity index (χ1v) is 5.47. The van der Waals surface area contributed by atoms with E-state index in [4.69, 9.17) is 9.84 Å². The summed E-state index contributed by atoms with van der Waals surface area (Å²) in [4.78, 5) is 11.3. The molecule has 2 N–H and O–H groups in total. The Labute approximate surface area is 92.0 Å². The summed E-state index contributed by atoms with van der Waals surface area (Å²) in [5.41, 5.74) is -0.0604. The zero-order valence-electron chi connectivity index (χ0n) is 10.0. The molecule has 15 heavy (non-hydrogen) atoms. The predicted octanol–water partition coefficient (Wildman–Crippen LogP) is 0.938. The third-order valence-corrected chi connectivity index (χ3v) is 2.13. The number of rotatable bonds is 8. The lowest BCUT2D eigenvalue weighted by molar-refractivity contribution is -0.126. The molecule has 1 amide bonds. The molecular weight excluding hydrogens is 194 g/mol. The molecule has 0 atom stereocenters. The van der Waals surface area contributed by atoms with E-state index in [9.17, 15) is 4.79 Å². The molecule has 0 heterocycles. The van der Waals surface area contributed by atoms with E-state index in [2.05, 4.69) is 5.32 Å². The Balaban J connectivity index is 3.60. The van der Waals surface area contributed by atoms with Crippen molar-refractivity contribution in [1.29, 1.82) is 0 Å². The summed E-state index contributed by atoms with van der Waals surface area (Å²) in [5.74, 6) is -0.0885. The minimum Gasteiger partial charge on any atom is -0.396 e. The SMILES string of the molecule is CCCOCC(=O)NCC(C)(C)CCO. The molecule has 0 unspecified atom stereocenters. The van der Waals surface area contributed by atoms with Crippen LogP contribution in [0.4, 0.5) is 0 Å². The normalized spacial score (nSPS) is 11.5. The van der Waals surface area contributed by atoms with Crippen molar-refractivity contribution >= 4 is 5.91 Å². The van der Waals surface area contributed by atoms with Crippen LogP contribution in [0.25, 0.3) is 0 Å². The van der Waals surface area contributed by atoms with Gasteiger partial charge in [-0.15, -0.1) is 0 Å². The van der Waals surface area contributed by atoms with Crippen molar-refractivity contribution in [2.75, 3.05) is 26.4 Å². The molecule has 4 heteroatoms. The third kappa shape index (κ3) is 8.39. The van der Waals surface area contributed by atoms with E-state index in [1.165, 1.54) is 0 Å². The summed E-state index contributed by atoms with van der Waals surface area (Å²) in [6.45, 7) is 7.49. The second-order valence-electron chi connectivity index (χ2n) is 4.47. The summed E-state index contributed by atoms with van der Waals surface area (Å²) in [5, 5.41) is 11.6. The van der Waals surface area contributed by atoms with Gasteiger partial charge in [-0.25, -0.2) is 0 Å². The van der Waals surface area contributed by atoms with E-state index in [0.29, 0.717) is 19.6 Å². The van der Waals surface area contributed by atoms with Crippen LogP contribution < -0.4 is 5.32 Å². The Morgan fingerprint density at radius 1 is 1.47 bits per heavy atom. The van der Waals surface area contributed by atoms with Gasteiger partial charge in [-0.1, -0.05) is 20.8 Å². The number of hydrogen-bond donors (Lipinski definition) is 2. The van der Waals surface area contributed by atoms with Crippen LogP contribution >= 0.6 is 0 Å². The summed E-state index contributed by atoms with van der Waals surface area (Å²) in [6, 6.07) is 0. The van der Waals surface area contributed by atoms with Gasteiger partial charge in [0, 0.05) is 19.8 Å². The molecule has 0 rings (SSSR count). The van der Waals surface area contributed by atoms with Crippen LogP contribution in [0.2, 0.25) is 0 Å². The van der Waals surface area contributed by atoms with Crippen LogP contribution in [0, 0.1) is 5.41 Å². The Morgan fingerprint density at radius 2 is 2.13 bits per heavy atom. The number of aliphatic hydroxyl groups is 1. The largest absolute Gasteiger partial charge is 0.396 e. The number of nitrogens with one attached hydrogen (secondary N) is 1. The average Bonchev–Trinajstić information content (AvgIpc) is 2.15. The minimum atomic E-state index is -0.0885. The fraction of sp³-hybridized carbons (Fsp3) is 0.909. The number of hydrogen-bond acceptors (Lipinski definition) is 3. The highest BCUT2D eigenvalue weighted by Crippen LogP contribution is 2.17. The van der Waals surface area contributed by atoms with Crippen LogP contribution in [-0.4, -0.2) is 37.4 Å². The smallest absolute Gasteiger partial charge is 0.246 e. The van der Waals surface area contributed by atoms with Crippen LogP contribution in [0.5, 0.6) is 0 Å². The molecule has 0 spiro atoms. The molecule has 0 aromatic carbocycles. The standard InChI is InChI=1S/C11H23NO3/c1-4-7-15-8-10(14)12-9-11(2,3)5-6-13/h13H,4-9H2,1-3H3,(H,12,14). The minimum absolute atomic E-state index is 0.0604. The number of aliphatic hydroxyl groups excluding tert-OH is 1. The highest BCUT2D eigenvalue weighted by atomic mass is 16.5. The van der Waals surface area contributed by atoms with E-state index >= 15 is 0 Å². The van der Waals surface area contributed by atoms with Crippen molar-refractivity contribution in [2.24, 2.45) is 5.41 Å². The van der Waals surface area contributed by atoms with Gasteiger partial charge in [-0.2, -0.15) is 0 Å². The molecule has 90 valence electrons. The van der Waals surface area contributed by atoms with Gasteiger partial charge in [0.15, 0.2) is 0 Å². The molecule has 0 aromatic rings. The van der Waals surface area contributed by atoms with E-state index < -0.39 is 0 Å². The number of carbonyl (C=O) groups is 1. The van der Waals surface area contributed by atoms with Crippen LogP contribution in [0.3, 0.4) is 0 Å². The summed E-state index contributed by atoms with van der Waals surface area (Å²) in [7, 11) is 0. The van der Waals surface area contributed by atoms with Crippen molar-refractivity contribution in [3.63, 3.8) is 0 Å². The van der Waals surface area contributed by atoms with Crippen molar-refractivity contribution in [3.05, 3.63) is 0 Å². The lowest BCUT2D eigenvalue weighted by Crippen LogP contribution is -2.36.